The molecule has 1 amide bonds. The molecule has 1 N–H and O–H groups in total. The molecule has 0 aromatic heterocycles. The molecule has 8 heteroatoms. The van der Waals surface area contributed by atoms with Crippen LogP contribution in [0, 0.1) is 0 Å². The Morgan fingerprint density at radius 1 is 1.23 bits per heavy atom. The number of carbonyl (C=O) groups excluding carboxylic acids is 2. The predicted molar refractivity (Wildman–Crippen MR) is 97.8 cm³/mol. The molecule has 0 fully saturated rings. The molecule has 0 saturated carbocycles. The lowest BCUT2D eigenvalue weighted by Crippen LogP contribution is -2.34. The van der Waals surface area contributed by atoms with Gasteiger partial charge in [-0.05, 0) is 31.4 Å². The molecule has 140 valence electrons. The van der Waals surface area contributed by atoms with Crippen LogP contribution in [0.25, 0.3) is 0 Å². The lowest BCUT2D eigenvalue weighted by Gasteiger charge is -2.23. The zero-order valence-corrected chi connectivity index (χ0v) is 15.9. The second kappa shape index (κ2) is 8.27. The van der Waals surface area contributed by atoms with E-state index < -0.39 is 23.7 Å². The number of carboxylic acid groups (broad SMARTS) is 1. The fourth-order valence-electron chi connectivity index (χ4n) is 2.96. The fourth-order valence-corrected chi connectivity index (χ4v) is 3.94. The number of carbonyl (C=O) groups is 3. The first-order valence-corrected chi connectivity index (χ1v) is 9.23. The SMILES string of the molecule is CCN1C(=O)C(CC(=O)O)=C(C(=O)c2ccc(OC)c(OC)c2)[C@H]1SC. The molecule has 26 heavy (non-hydrogen) atoms. The molecule has 0 unspecified atom stereocenters. The molecular weight excluding hydrogens is 358 g/mol. The number of likely N-dealkylation sites (N-methyl/N-ethyl adjacent to an activating group) is 1. The van der Waals surface area contributed by atoms with Crippen LogP contribution in [0.3, 0.4) is 0 Å². The molecule has 0 spiro atoms. The highest BCUT2D eigenvalue weighted by Crippen LogP contribution is 2.37. The van der Waals surface area contributed by atoms with Crippen molar-refractivity contribution in [3.05, 3.63) is 34.9 Å². The van der Waals surface area contributed by atoms with Gasteiger partial charge in [0.25, 0.3) is 5.91 Å². The van der Waals surface area contributed by atoms with E-state index in [1.165, 1.54) is 36.9 Å². The van der Waals surface area contributed by atoms with E-state index in [1.54, 1.807) is 25.3 Å². The van der Waals surface area contributed by atoms with Gasteiger partial charge in [0.05, 0.1) is 20.6 Å². The van der Waals surface area contributed by atoms with E-state index >= 15 is 0 Å². The zero-order chi connectivity index (χ0) is 19.4. The minimum absolute atomic E-state index is 0.0403. The molecule has 1 heterocycles. The molecule has 0 aliphatic carbocycles. The van der Waals surface area contributed by atoms with E-state index in [1.807, 2.05) is 0 Å². The van der Waals surface area contributed by atoms with Gasteiger partial charge in [0.2, 0.25) is 0 Å². The average molecular weight is 379 g/mol. The van der Waals surface area contributed by atoms with Crippen molar-refractivity contribution in [2.24, 2.45) is 0 Å². The van der Waals surface area contributed by atoms with Crippen molar-refractivity contribution in [1.82, 2.24) is 4.90 Å². The van der Waals surface area contributed by atoms with E-state index in [0.717, 1.165) is 0 Å². The van der Waals surface area contributed by atoms with E-state index in [2.05, 4.69) is 0 Å². The minimum atomic E-state index is -1.15. The summed E-state index contributed by atoms with van der Waals surface area (Å²) in [5, 5.41) is 8.66. The first-order valence-electron chi connectivity index (χ1n) is 7.94. The number of ether oxygens (including phenoxy) is 2. The number of hydrogen-bond acceptors (Lipinski definition) is 6. The van der Waals surface area contributed by atoms with Crippen LogP contribution in [0.5, 0.6) is 11.5 Å². The van der Waals surface area contributed by atoms with Crippen molar-refractivity contribution in [3.8, 4) is 11.5 Å². The topological polar surface area (TPSA) is 93.1 Å². The molecule has 1 aliphatic rings. The normalized spacial score (nSPS) is 16.8. The number of Topliss-reactive ketones (excluding diaryl/α,β-unsaturated/α-hetero) is 1. The highest BCUT2D eigenvalue weighted by atomic mass is 32.2. The quantitative estimate of drug-likeness (QED) is 0.692. The van der Waals surface area contributed by atoms with Crippen LogP contribution in [-0.4, -0.2) is 60.1 Å². The number of aliphatic carboxylic acids is 1. The first kappa shape index (κ1) is 19.8. The number of nitrogens with zero attached hydrogens (tertiary/aromatic N) is 1. The van der Waals surface area contributed by atoms with E-state index in [9.17, 15) is 19.5 Å². The van der Waals surface area contributed by atoms with Crippen molar-refractivity contribution in [2.45, 2.75) is 18.7 Å². The summed E-state index contributed by atoms with van der Waals surface area (Å²) in [6, 6.07) is 4.71. The molecule has 1 aromatic carbocycles. The Kier molecular flexibility index (Phi) is 6.31. The van der Waals surface area contributed by atoms with Crippen LogP contribution in [0.15, 0.2) is 29.3 Å². The zero-order valence-electron chi connectivity index (χ0n) is 15.1. The van der Waals surface area contributed by atoms with Gasteiger partial charge < -0.3 is 19.5 Å². The maximum Gasteiger partial charge on any atom is 0.308 e. The van der Waals surface area contributed by atoms with Gasteiger partial charge in [0.1, 0.15) is 5.37 Å². The monoisotopic (exact) mass is 379 g/mol. The number of amides is 1. The van der Waals surface area contributed by atoms with Gasteiger partial charge in [0, 0.05) is 23.3 Å². The highest BCUT2D eigenvalue weighted by Gasteiger charge is 2.41. The molecule has 2 rings (SSSR count). The third kappa shape index (κ3) is 3.55. The van der Waals surface area contributed by atoms with Crippen molar-refractivity contribution >= 4 is 29.4 Å². The molecule has 1 aliphatic heterocycles. The second-order valence-corrected chi connectivity index (χ2v) is 6.46. The first-order chi connectivity index (χ1) is 12.4. The van der Waals surface area contributed by atoms with Crippen molar-refractivity contribution in [2.75, 3.05) is 27.0 Å². The Hall–Kier alpha value is -2.48. The number of rotatable bonds is 8. The number of benzene rings is 1. The number of carboxylic acids is 1. The summed E-state index contributed by atoms with van der Waals surface area (Å²) in [6.45, 7) is 2.18. The predicted octanol–water partition coefficient (Wildman–Crippen LogP) is 2.21. The Labute approximate surface area is 156 Å². The molecule has 1 atom stereocenters. The Balaban J connectivity index is 2.56. The smallest absolute Gasteiger partial charge is 0.308 e. The minimum Gasteiger partial charge on any atom is -0.493 e. The second-order valence-electron chi connectivity index (χ2n) is 5.54. The van der Waals surface area contributed by atoms with Crippen LogP contribution < -0.4 is 9.47 Å². The van der Waals surface area contributed by atoms with E-state index in [-0.39, 0.29) is 16.9 Å². The van der Waals surface area contributed by atoms with Gasteiger partial charge in [0.15, 0.2) is 17.3 Å². The summed E-state index contributed by atoms with van der Waals surface area (Å²) in [4.78, 5) is 38.5. The van der Waals surface area contributed by atoms with Crippen LogP contribution in [-0.2, 0) is 9.59 Å². The van der Waals surface area contributed by atoms with Crippen molar-refractivity contribution in [1.29, 1.82) is 0 Å². The summed E-state index contributed by atoms with van der Waals surface area (Å²) in [5.74, 6) is -1.08. The Morgan fingerprint density at radius 2 is 1.88 bits per heavy atom. The summed E-state index contributed by atoms with van der Waals surface area (Å²) in [7, 11) is 2.95. The van der Waals surface area contributed by atoms with Crippen LogP contribution in [0.2, 0.25) is 0 Å². The molecule has 1 aromatic rings. The van der Waals surface area contributed by atoms with Gasteiger partial charge in [-0.2, -0.15) is 0 Å². The van der Waals surface area contributed by atoms with Crippen LogP contribution >= 0.6 is 11.8 Å². The largest absolute Gasteiger partial charge is 0.493 e. The molecule has 0 bridgehead atoms. The third-order valence-electron chi connectivity index (χ3n) is 4.16. The van der Waals surface area contributed by atoms with Crippen LogP contribution in [0.4, 0.5) is 0 Å². The fraction of sp³-hybridized carbons (Fsp3) is 0.389. The van der Waals surface area contributed by atoms with Crippen molar-refractivity contribution in [3.63, 3.8) is 0 Å². The van der Waals surface area contributed by atoms with Gasteiger partial charge in [-0.25, -0.2) is 0 Å². The summed E-state index contributed by atoms with van der Waals surface area (Å²) in [6.07, 6.45) is 1.30. The lowest BCUT2D eigenvalue weighted by molar-refractivity contribution is -0.137. The molecule has 7 nitrogen and oxygen atoms in total. The Morgan fingerprint density at radius 3 is 2.38 bits per heavy atom. The van der Waals surface area contributed by atoms with Gasteiger partial charge in [-0.15, -0.1) is 11.8 Å². The van der Waals surface area contributed by atoms with Gasteiger partial charge in [-0.1, -0.05) is 0 Å². The van der Waals surface area contributed by atoms with Crippen LogP contribution in [0.1, 0.15) is 23.7 Å². The number of hydrogen-bond donors (Lipinski definition) is 1. The molecule has 0 saturated heterocycles. The van der Waals surface area contributed by atoms with Gasteiger partial charge >= 0.3 is 5.97 Å². The van der Waals surface area contributed by atoms with Gasteiger partial charge in [-0.3, -0.25) is 14.4 Å². The van der Waals surface area contributed by atoms with E-state index in [0.29, 0.717) is 23.6 Å². The number of methoxy groups -OCH3 is 2. The molecular formula is C18H21NO6S. The Bertz CT molecular complexity index is 773. The average Bonchev–Trinajstić information content (AvgIpc) is 2.90. The van der Waals surface area contributed by atoms with E-state index in [4.69, 9.17) is 9.47 Å². The maximum atomic E-state index is 13.1. The summed E-state index contributed by atoms with van der Waals surface area (Å²) >= 11 is 1.33. The number of ketones is 1. The third-order valence-corrected chi connectivity index (χ3v) is 5.09. The standard InChI is InChI=1S/C18H21NO6S/c1-5-19-17(23)11(9-14(20)21)15(18(19)26-4)16(22)10-6-7-12(24-2)13(8-10)25-3/h6-8,18H,5,9H2,1-4H3,(H,20,21)/t18-/m1/s1. The molecule has 0 radical (unpaired) electrons. The number of thioether (sulfide) groups is 1. The maximum absolute atomic E-state index is 13.1. The highest BCUT2D eigenvalue weighted by molar-refractivity contribution is 7.99. The summed E-state index contributed by atoms with van der Waals surface area (Å²) < 4.78 is 10.4. The lowest BCUT2D eigenvalue weighted by atomic mass is 9.98. The van der Waals surface area contributed by atoms with Crippen molar-refractivity contribution < 1.29 is 29.0 Å². The summed E-state index contributed by atoms with van der Waals surface area (Å²) in [5.41, 5.74) is 0.572.